The van der Waals surface area contributed by atoms with Crippen molar-refractivity contribution in [2.24, 2.45) is 5.41 Å². The van der Waals surface area contributed by atoms with Gasteiger partial charge in [-0.15, -0.1) is 0 Å². The molecule has 1 saturated heterocycles. The minimum absolute atomic E-state index is 0.407. The molecule has 3 rings (SSSR count). The van der Waals surface area contributed by atoms with Crippen LogP contribution < -0.4 is 5.32 Å². The van der Waals surface area contributed by atoms with Crippen LogP contribution in [0.4, 0.5) is 0 Å². The summed E-state index contributed by atoms with van der Waals surface area (Å²) in [4.78, 5) is 0. The molecule has 1 N–H and O–H groups in total. The summed E-state index contributed by atoms with van der Waals surface area (Å²) in [5.41, 5.74) is 1.90. The molecule has 1 unspecified atom stereocenters. The molecule has 0 radical (unpaired) electrons. The minimum Gasteiger partial charge on any atom is -0.381 e. The second kappa shape index (κ2) is 5.09. The number of hydrogen-bond acceptors (Lipinski definition) is 3. The Labute approximate surface area is 107 Å². The molecule has 1 aliphatic carbocycles. The Morgan fingerprint density at radius 1 is 1.47 bits per heavy atom. The Morgan fingerprint density at radius 3 is 3.06 bits per heavy atom. The topological polar surface area (TPSA) is 21.3 Å². The molecular weight excluding hydrogens is 230 g/mol. The van der Waals surface area contributed by atoms with E-state index in [-0.39, 0.29) is 0 Å². The normalized spacial score (nSPS) is 28.7. The smallest absolute Gasteiger partial charge is 0.0535 e. The van der Waals surface area contributed by atoms with Gasteiger partial charge in [0.15, 0.2) is 0 Å². The Hall–Kier alpha value is -0.380. The van der Waals surface area contributed by atoms with E-state index in [2.05, 4.69) is 22.1 Å². The van der Waals surface area contributed by atoms with Crippen molar-refractivity contribution in [3.05, 3.63) is 22.4 Å². The molecule has 1 atom stereocenters. The summed E-state index contributed by atoms with van der Waals surface area (Å²) in [6.07, 6.45) is 6.46. The van der Waals surface area contributed by atoms with Crippen molar-refractivity contribution in [1.29, 1.82) is 0 Å². The van der Waals surface area contributed by atoms with Crippen LogP contribution in [0, 0.1) is 5.41 Å². The van der Waals surface area contributed by atoms with Crippen molar-refractivity contribution < 1.29 is 4.74 Å². The van der Waals surface area contributed by atoms with Crippen LogP contribution in [0.25, 0.3) is 0 Å². The second-order valence-electron chi connectivity index (χ2n) is 5.59. The summed E-state index contributed by atoms with van der Waals surface area (Å²) >= 11 is 1.80. The van der Waals surface area contributed by atoms with Gasteiger partial charge >= 0.3 is 0 Å². The van der Waals surface area contributed by atoms with E-state index in [4.69, 9.17) is 4.74 Å². The zero-order valence-corrected chi connectivity index (χ0v) is 11.1. The monoisotopic (exact) mass is 251 g/mol. The first-order chi connectivity index (χ1) is 8.36. The summed E-state index contributed by atoms with van der Waals surface area (Å²) in [5.74, 6) is 0. The van der Waals surface area contributed by atoms with E-state index in [9.17, 15) is 0 Å². The van der Waals surface area contributed by atoms with Crippen LogP contribution in [0.1, 0.15) is 31.2 Å². The average Bonchev–Trinajstić information content (AvgIpc) is 2.86. The third-order valence-electron chi connectivity index (χ3n) is 4.05. The van der Waals surface area contributed by atoms with Gasteiger partial charge in [0, 0.05) is 24.6 Å². The lowest BCUT2D eigenvalue weighted by Crippen LogP contribution is -2.36. The highest BCUT2D eigenvalue weighted by atomic mass is 32.1. The molecule has 17 heavy (non-hydrogen) atoms. The zero-order chi connectivity index (χ0) is 11.6. The highest BCUT2D eigenvalue weighted by Gasteiger charge is 2.36. The number of thiophene rings is 1. The molecule has 1 aromatic heterocycles. The number of rotatable bonds is 6. The van der Waals surface area contributed by atoms with E-state index in [1.165, 1.54) is 37.7 Å². The largest absolute Gasteiger partial charge is 0.381 e. The van der Waals surface area contributed by atoms with Crippen molar-refractivity contribution in [2.45, 2.75) is 38.1 Å². The Morgan fingerprint density at radius 2 is 2.41 bits per heavy atom. The molecule has 2 nitrogen and oxygen atoms in total. The van der Waals surface area contributed by atoms with E-state index in [0.29, 0.717) is 5.41 Å². The van der Waals surface area contributed by atoms with Crippen LogP contribution in [0.5, 0.6) is 0 Å². The first-order valence-corrected chi connectivity index (χ1v) is 7.63. The van der Waals surface area contributed by atoms with Crippen LogP contribution in [0.15, 0.2) is 16.8 Å². The van der Waals surface area contributed by atoms with Gasteiger partial charge in [0.25, 0.3) is 0 Å². The standard InChI is InChI=1S/C14H21NOS/c1-2-13(1)15-10-14(6-7-16-11-14)5-3-12-4-8-17-9-12/h4,8-9,13,15H,1-3,5-7,10-11H2. The number of hydrogen-bond donors (Lipinski definition) is 1. The van der Waals surface area contributed by atoms with Crippen LogP contribution in [0.2, 0.25) is 0 Å². The highest BCUT2D eigenvalue weighted by molar-refractivity contribution is 7.07. The van der Waals surface area contributed by atoms with Crippen LogP contribution >= 0.6 is 11.3 Å². The molecule has 1 saturated carbocycles. The van der Waals surface area contributed by atoms with Crippen LogP contribution in [-0.2, 0) is 11.2 Å². The summed E-state index contributed by atoms with van der Waals surface area (Å²) in [5, 5.41) is 8.14. The van der Waals surface area contributed by atoms with E-state index in [1.54, 1.807) is 11.3 Å². The number of nitrogens with one attached hydrogen (secondary N) is 1. The van der Waals surface area contributed by atoms with Gasteiger partial charge < -0.3 is 10.1 Å². The zero-order valence-electron chi connectivity index (χ0n) is 10.3. The predicted molar refractivity (Wildman–Crippen MR) is 71.5 cm³/mol. The van der Waals surface area contributed by atoms with Gasteiger partial charge in [-0.25, -0.2) is 0 Å². The molecule has 0 amide bonds. The molecule has 3 heteroatoms. The Bertz CT molecular complexity index is 339. The first kappa shape index (κ1) is 11.7. The fourth-order valence-electron chi connectivity index (χ4n) is 2.57. The van der Waals surface area contributed by atoms with Gasteiger partial charge in [0.05, 0.1) is 6.61 Å². The predicted octanol–water partition coefficient (Wildman–Crippen LogP) is 2.84. The second-order valence-corrected chi connectivity index (χ2v) is 6.37. The maximum absolute atomic E-state index is 5.65. The van der Waals surface area contributed by atoms with Gasteiger partial charge in [0.2, 0.25) is 0 Å². The number of aryl methyl sites for hydroxylation is 1. The molecule has 2 fully saturated rings. The van der Waals surface area contributed by atoms with E-state index in [1.807, 2.05) is 0 Å². The van der Waals surface area contributed by atoms with Gasteiger partial charge in [0.1, 0.15) is 0 Å². The van der Waals surface area contributed by atoms with E-state index in [0.717, 1.165) is 25.8 Å². The average molecular weight is 251 g/mol. The molecule has 0 aromatic carbocycles. The summed E-state index contributed by atoms with van der Waals surface area (Å²) in [6, 6.07) is 3.07. The third kappa shape index (κ3) is 3.09. The molecule has 1 aromatic rings. The summed E-state index contributed by atoms with van der Waals surface area (Å²) < 4.78 is 5.65. The van der Waals surface area contributed by atoms with Crippen molar-refractivity contribution in [3.8, 4) is 0 Å². The minimum atomic E-state index is 0.407. The van der Waals surface area contributed by atoms with Crippen molar-refractivity contribution >= 4 is 11.3 Å². The van der Waals surface area contributed by atoms with Crippen molar-refractivity contribution in [1.82, 2.24) is 5.32 Å². The summed E-state index contributed by atoms with van der Waals surface area (Å²) in [6.45, 7) is 3.06. The third-order valence-corrected chi connectivity index (χ3v) is 4.78. The molecule has 2 heterocycles. The van der Waals surface area contributed by atoms with Gasteiger partial charge in [-0.2, -0.15) is 11.3 Å². The molecular formula is C14H21NOS. The lowest BCUT2D eigenvalue weighted by atomic mass is 9.81. The quantitative estimate of drug-likeness (QED) is 0.839. The maximum Gasteiger partial charge on any atom is 0.0535 e. The van der Waals surface area contributed by atoms with E-state index >= 15 is 0 Å². The Kier molecular flexibility index (Phi) is 3.50. The molecule has 0 bridgehead atoms. The molecule has 1 aliphatic heterocycles. The fourth-order valence-corrected chi connectivity index (χ4v) is 3.27. The highest BCUT2D eigenvalue weighted by Crippen LogP contribution is 2.34. The van der Waals surface area contributed by atoms with Crippen molar-refractivity contribution in [3.63, 3.8) is 0 Å². The van der Waals surface area contributed by atoms with Gasteiger partial charge in [-0.05, 0) is 54.5 Å². The van der Waals surface area contributed by atoms with E-state index < -0.39 is 0 Å². The molecule has 94 valence electrons. The summed E-state index contributed by atoms with van der Waals surface area (Å²) in [7, 11) is 0. The number of ether oxygens (including phenoxy) is 1. The molecule has 0 spiro atoms. The molecule has 2 aliphatic rings. The van der Waals surface area contributed by atoms with Crippen molar-refractivity contribution in [2.75, 3.05) is 19.8 Å². The fraction of sp³-hybridized carbons (Fsp3) is 0.714. The van der Waals surface area contributed by atoms with Crippen LogP contribution in [-0.4, -0.2) is 25.8 Å². The maximum atomic E-state index is 5.65. The lowest BCUT2D eigenvalue weighted by Gasteiger charge is -2.27. The van der Waals surface area contributed by atoms with Crippen LogP contribution in [0.3, 0.4) is 0 Å². The first-order valence-electron chi connectivity index (χ1n) is 6.69. The van der Waals surface area contributed by atoms with Gasteiger partial charge in [-0.1, -0.05) is 0 Å². The Balaban J connectivity index is 1.54. The SMILES string of the molecule is c1cc(CCC2(CNC3CC3)CCOC2)cs1. The lowest BCUT2D eigenvalue weighted by molar-refractivity contribution is 0.144. The van der Waals surface area contributed by atoms with Gasteiger partial charge in [-0.3, -0.25) is 0 Å².